The number of fused-ring (bicyclic) bond motifs is 4. The van der Waals surface area contributed by atoms with Gasteiger partial charge in [-0.3, -0.25) is 14.6 Å². The predicted octanol–water partition coefficient (Wildman–Crippen LogP) is 5.26. The molecule has 0 saturated carbocycles. The summed E-state index contributed by atoms with van der Waals surface area (Å²) in [6, 6.07) is 17.3. The van der Waals surface area contributed by atoms with Gasteiger partial charge in [-0.2, -0.15) is 0 Å². The van der Waals surface area contributed by atoms with Crippen molar-refractivity contribution in [1.29, 1.82) is 0 Å². The quantitative estimate of drug-likeness (QED) is 0.274. The van der Waals surface area contributed by atoms with Crippen molar-refractivity contribution >= 4 is 41.9 Å². The van der Waals surface area contributed by atoms with Gasteiger partial charge in [0.15, 0.2) is 11.6 Å². The van der Waals surface area contributed by atoms with Gasteiger partial charge in [-0.25, -0.2) is 0 Å². The van der Waals surface area contributed by atoms with Crippen LogP contribution in [0.25, 0.3) is 11.6 Å². The molecular weight excluding hydrogens is 541 g/mol. The molecule has 1 aromatic heterocycles. The molecule has 1 fully saturated rings. The minimum atomic E-state index is -1.11. The van der Waals surface area contributed by atoms with Gasteiger partial charge in [0.2, 0.25) is 0 Å². The number of hydrogen-bond donors (Lipinski definition) is 3. The summed E-state index contributed by atoms with van der Waals surface area (Å²) < 4.78 is 6.06. The van der Waals surface area contributed by atoms with Crippen molar-refractivity contribution in [2.75, 3.05) is 6.61 Å². The first kappa shape index (κ1) is 27.6. The van der Waals surface area contributed by atoms with Crippen LogP contribution in [0.1, 0.15) is 51.2 Å². The number of phenols is 1. The molecule has 9 heteroatoms. The third-order valence-electron chi connectivity index (χ3n) is 8.54. The van der Waals surface area contributed by atoms with E-state index < -0.39 is 31.0 Å². The number of carbonyl (C=O) groups excluding carboxylic acids is 2. The van der Waals surface area contributed by atoms with Gasteiger partial charge in [-0.15, -0.1) is 0 Å². The van der Waals surface area contributed by atoms with Crippen molar-refractivity contribution in [3.05, 3.63) is 105 Å². The van der Waals surface area contributed by atoms with Crippen molar-refractivity contribution in [2.24, 2.45) is 17.8 Å². The number of nitrogens with zero attached hydrogens (tertiary/aromatic N) is 1. The zero-order valence-electron chi connectivity index (χ0n) is 22.2. The van der Waals surface area contributed by atoms with Crippen molar-refractivity contribution in [2.45, 2.75) is 31.7 Å². The number of aromatic hydroxyl groups is 1. The largest absolute Gasteiger partial charge is 0.508 e. The van der Waals surface area contributed by atoms with E-state index in [-0.39, 0.29) is 36.7 Å². The van der Waals surface area contributed by atoms with Crippen LogP contribution in [0.3, 0.4) is 0 Å². The van der Waals surface area contributed by atoms with Gasteiger partial charge >= 0.3 is 7.12 Å². The Bertz CT molecular complexity index is 1570. The van der Waals surface area contributed by atoms with Crippen LogP contribution in [0.5, 0.6) is 5.75 Å². The lowest BCUT2D eigenvalue weighted by Crippen LogP contribution is -2.51. The van der Waals surface area contributed by atoms with E-state index in [1.165, 1.54) is 6.07 Å². The van der Waals surface area contributed by atoms with Gasteiger partial charge in [0.05, 0.1) is 23.4 Å². The number of Topliss-reactive ketones (excluding diaryl/α,β-unsaturated/α-hetero) is 2. The Hall–Kier alpha value is -3.56. The van der Waals surface area contributed by atoms with Gasteiger partial charge in [0.25, 0.3) is 0 Å². The number of carbonyl (C=O) groups is 2. The summed E-state index contributed by atoms with van der Waals surface area (Å²) in [6.45, 7) is -0.250. The molecule has 3 aromatic rings. The molecule has 41 heavy (non-hydrogen) atoms. The van der Waals surface area contributed by atoms with E-state index in [0.717, 1.165) is 16.8 Å². The minimum absolute atomic E-state index is 0.0691. The molecule has 0 bridgehead atoms. The summed E-state index contributed by atoms with van der Waals surface area (Å²) in [4.78, 5) is 31.8. The van der Waals surface area contributed by atoms with E-state index in [0.29, 0.717) is 40.1 Å². The number of pyridine rings is 1. The number of aliphatic hydroxyl groups is 1. The van der Waals surface area contributed by atoms with Gasteiger partial charge in [0, 0.05) is 29.2 Å². The minimum Gasteiger partial charge on any atom is -0.508 e. The van der Waals surface area contributed by atoms with Crippen molar-refractivity contribution in [3.8, 4) is 5.75 Å². The van der Waals surface area contributed by atoms with Crippen LogP contribution in [-0.2, 0) is 4.65 Å². The number of ketones is 2. The van der Waals surface area contributed by atoms with Crippen LogP contribution in [0, 0.1) is 17.8 Å². The maximum absolute atomic E-state index is 13.8. The molecule has 2 aromatic carbocycles. The summed E-state index contributed by atoms with van der Waals surface area (Å²) in [6.07, 6.45) is 4.46. The highest BCUT2D eigenvalue weighted by Crippen LogP contribution is 2.51. The third kappa shape index (κ3) is 5.17. The summed E-state index contributed by atoms with van der Waals surface area (Å²) in [5.41, 5.74) is 4.72. The Balaban J connectivity index is 1.35. The monoisotopic (exact) mass is 569 g/mol. The molecule has 2 aliphatic carbocycles. The number of rotatable bonds is 6. The average molecular weight is 570 g/mol. The normalized spacial score (nSPS) is 24.2. The number of benzene rings is 2. The Morgan fingerprint density at radius 2 is 1.80 bits per heavy atom. The van der Waals surface area contributed by atoms with Crippen LogP contribution in [0.2, 0.25) is 11.3 Å². The Morgan fingerprint density at radius 3 is 2.51 bits per heavy atom. The molecule has 1 aliphatic heterocycles. The second-order valence-electron chi connectivity index (χ2n) is 10.9. The number of hydrogen-bond acceptors (Lipinski definition) is 7. The van der Waals surface area contributed by atoms with Crippen molar-refractivity contribution in [3.63, 3.8) is 0 Å². The molecule has 2 heterocycles. The van der Waals surface area contributed by atoms with E-state index in [9.17, 15) is 24.8 Å². The molecular formula is C32H29BClNO6. The molecule has 6 rings (SSSR count). The molecule has 7 nitrogen and oxygen atoms in total. The van der Waals surface area contributed by atoms with E-state index >= 15 is 0 Å². The van der Waals surface area contributed by atoms with E-state index in [1.54, 1.807) is 42.6 Å². The number of phenolic OH excluding ortho intramolecular Hbond substituents is 1. The zero-order valence-corrected chi connectivity index (χ0v) is 23.0. The fourth-order valence-electron chi connectivity index (χ4n) is 6.75. The predicted molar refractivity (Wildman–Crippen MR) is 156 cm³/mol. The second-order valence-corrected chi connectivity index (χ2v) is 11.3. The topological polar surface area (TPSA) is 117 Å². The molecule has 0 amide bonds. The maximum atomic E-state index is 13.8. The number of aromatic nitrogens is 1. The number of allylic oxidation sites excluding steroid dienone is 1. The lowest BCUT2D eigenvalue weighted by atomic mass is 9.54. The van der Waals surface area contributed by atoms with Gasteiger partial charge in [0.1, 0.15) is 5.75 Å². The smallest absolute Gasteiger partial charge is 0.455 e. The van der Waals surface area contributed by atoms with Crippen LogP contribution in [-0.4, -0.2) is 51.6 Å². The zero-order chi connectivity index (χ0) is 28.7. The highest BCUT2D eigenvalue weighted by atomic mass is 35.5. The molecule has 3 aliphatic rings. The molecule has 1 saturated heterocycles. The number of aliphatic hydroxyl groups excluding tert-OH is 1. The highest BCUT2D eigenvalue weighted by molar-refractivity contribution is 6.43. The lowest BCUT2D eigenvalue weighted by molar-refractivity contribution is 0.0591. The Labute approximate surface area is 243 Å². The average Bonchev–Trinajstić information content (AvgIpc) is 2.98. The Morgan fingerprint density at radius 1 is 1.05 bits per heavy atom. The first-order chi connectivity index (χ1) is 19.9. The summed E-state index contributed by atoms with van der Waals surface area (Å²) >= 11 is 6.41. The number of halogens is 1. The molecule has 4 atom stereocenters. The summed E-state index contributed by atoms with van der Waals surface area (Å²) in [5, 5.41) is 31.4. The summed E-state index contributed by atoms with van der Waals surface area (Å²) in [7, 11) is -1.11. The van der Waals surface area contributed by atoms with Crippen LogP contribution < -0.4 is 0 Å². The lowest BCUT2D eigenvalue weighted by Gasteiger charge is -2.47. The molecule has 0 radical (unpaired) electrons. The highest BCUT2D eigenvalue weighted by Gasteiger charge is 2.53. The van der Waals surface area contributed by atoms with Crippen LogP contribution in [0.4, 0.5) is 0 Å². The molecule has 208 valence electrons. The van der Waals surface area contributed by atoms with E-state index in [1.807, 2.05) is 24.3 Å². The van der Waals surface area contributed by atoms with Crippen molar-refractivity contribution in [1.82, 2.24) is 4.98 Å². The first-order valence-electron chi connectivity index (χ1n) is 13.8. The van der Waals surface area contributed by atoms with E-state index in [2.05, 4.69) is 4.98 Å². The van der Waals surface area contributed by atoms with E-state index in [4.69, 9.17) is 16.3 Å². The second kappa shape index (κ2) is 11.4. The standard InChI is InChI=1S/C32H29BClNO6/c34-26-15-21(37)10-8-18(26)13-19(27-7-3-4-12-35-27)9-11-28-29-20(17-36)14-24-30(25(29)16-33(40)41-28)32(39)23-6-2-1-5-22(23)31(24)38/h1-8,10,12-13,15,24-25,28,30,36-37,40H,9,11,14,16-17H2/b19-13-/t24-,25+,28-,30-/m1/s1. The Kier molecular flexibility index (Phi) is 7.66. The summed E-state index contributed by atoms with van der Waals surface area (Å²) in [5.74, 6) is -1.69. The SMILES string of the molecule is O=C1c2ccccc2C(=O)[C@@H]2CC(CO)=C3[C@@H](CC/C(=C/c4ccc(O)cc4Cl)c4ccccn4)OB(O)C[C@@H]3[C@H]12. The third-order valence-corrected chi connectivity index (χ3v) is 8.86. The van der Waals surface area contributed by atoms with Crippen molar-refractivity contribution < 1.29 is 29.5 Å². The van der Waals surface area contributed by atoms with Gasteiger partial charge in [-0.05, 0) is 90.2 Å². The van der Waals surface area contributed by atoms with Crippen LogP contribution >= 0.6 is 11.6 Å². The molecule has 0 unspecified atom stereocenters. The first-order valence-corrected chi connectivity index (χ1v) is 14.2. The van der Waals surface area contributed by atoms with Gasteiger partial charge < -0.3 is 19.9 Å². The van der Waals surface area contributed by atoms with Gasteiger partial charge in [-0.1, -0.05) is 41.9 Å². The molecule has 3 N–H and O–H groups in total. The fraction of sp³-hybridized carbons (Fsp3) is 0.281. The van der Waals surface area contributed by atoms with Crippen LogP contribution in [0.15, 0.2) is 78.0 Å². The fourth-order valence-corrected chi connectivity index (χ4v) is 6.98. The maximum Gasteiger partial charge on any atom is 0.455 e. The molecule has 0 spiro atoms.